The molecule has 0 atom stereocenters. The Morgan fingerprint density at radius 2 is 1.68 bits per heavy atom. The van der Waals surface area contributed by atoms with E-state index in [1.807, 2.05) is 80.3 Å². The lowest BCUT2D eigenvalue weighted by Gasteiger charge is -2.18. The average Bonchev–Trinajstić information content (AvgIpc) is 2.68. The van der Waals surface area contributed by atoms with Gasteiger partial charge in [0.25, 0.3) is 0 Å². The van der Waals surface area contributed by atoms with Crippen molar-refractivity contribution >= 4 is 11.6 Å². The fourth-order valence-electron chi connectivity index (χ4n) is 2.87. The van der Waals surface area contributed by atoms with Crippen LogP contribution in [0.3, 0.4) is 0 Å². The number of hydrogen-bond acceptors (Lipinski definition) is 5. The molecule has 0 radical (unpaired) electrons. The van der Waals surface area contributed by atoms with Gasteiger partial charge in [0.05, 0.1) is 20.3 Å². The smallest absolute Gasteiger partial charge is 0.234 e. The summed E-state index contributed by atoms with van der Waals surface area (Å²) in [5.74, 6) is 1.44. The first-order valence-corrected chi connectivity index (χ1v) is 9.44. The lowest BCUT2D eigenvalue weighted by atomic mass is 10.2. The standard InChI is InChI=1S/C22H31N3O3/c1-6-28-20-12-9-18(13-21(20)27-5)15-25(4)16-22(26)23-14-17-7-10-19(11-8-17)24(2)3/h7-13H,6,14-16H2,1-5H3,(H,23,26). The van der Waals surface area contributed by atoms with E-state index >= 15 is 0 Å². The highest BCUT2D eigenvalue weighted by Gasteiger charge is 2.10. The van der Waals surface area contributed by atoms with E-state index in [2.05, 4.69) is 5.32 Å². The Kier molecular flexibility index (Phi) is 8.14. The summed E-state index contributed by atoms with van der Waals surface area (Å²) >= 11 is 0. The third-order valence-corrected chi connectivity index (χ3v) is 4.34. The molecule has 0 bridgehead atoms. The normalized spacial score (nSPS) is 10.6. The van der Waals surface area contributed by atoms with E-state index in [9.17, 15) is 4.79 Å². The van der Waals surface area contributed by atoms with Crippen molar-refractivity contribution in [3.8, 4) is 11.5 Å². The van der Waals surface area contributed by atoms with Gasteiger partial charge in [-0.1, -0.05) is 18.2 Å². The van der Waals surface area contributed by atoms with Gasteiger partial charge in [0.15, 0.2) is 11.5 Å². The second-order valence-corrected chi connectivity index (χ2v) is 6.93. The first kappa shape index (κ1) is 21.6. The van der Waals surface area contributed by atoms with E-state index in [1.54, 1.807) is 7.11 Å². The number of anilines is 1. The zero-order chi connectivity index (χ0) is 20.5. The molecule has 1 N–H and O–H groups in total. The molecule has 152 valence electrons. The number of benzene rings is 2. The van der Waals surface area contributed by atoms with Gasteiger partial charge in [-0.25, -0.2) is 0 Å². The largest absolute Gasteiger partial charge is 0.493 e. The van der Waals surface area contributed by atoms with E-state index in [1.165, 1.54) is 0 Å². The molecule has 0 spiro atoms. The maximum atomic E-state index is 12.2. The van der Waals surface area contributed by atoms with Gasteiger partial charge in [-0.2, -0.15) is 0 Å². The topological polar surface area (TPSA) is 54.0 Å². The van der Waals surface area contributed by atoms with Crippen LogP contribution in [-0.4, -0.2) is 52.2 Å². The summed E-state index contributed by atoms with van der Waals surface area (Å²) in [6.07, 6.45) is 0. The van der Waals surface area contributed by atoms with Gasteiger partial charge in [0, 0.05) is 32.9 Å². The Morgan fingerprint density at radius 1 is 1.00 bits per heavy atom. The zero-order valence-electron chi connectivity index (χ0n) is 17.5. The number of methoxy groups -OCH3 is 1. The van der Waals surface area contributed by atoms with Crippen LogP contribution in [0.25, 0.3) is 0 Å². The number of hydrogen-bond donors (Lipinski definition) is 1. The van der Waals surface area contributed by atoms with Crippen molar-refractivity contribution in [1.82, 2.24) is 10.2 Å². The van der Waals surface area contributed by atoms with Crippen LogP contribution in [0.5, 0.6) is 11.5 Å². The SMILES string of the molecule is CCOc1ccc(CN(C)CC(=O)NCc2ccc(N(C)C)cc2)cc1OC. The van der Waals surface area contributed by atoms with Gasteiger partial charge < -0.3 is 19.7 Å². The van der Waals surface area contributed by atoms with Crippen LogP contribution >= 0.6 is 0 Å². The molecule has 2 aromatic carbocycles. The second kappa shape index (κ2) is 10.6. The van der Waals surface area contributed by atoms with Gasteiger partial charge in [0.1, 0.15) is 0 Å². The number of nitrogens with one attached hydrogen (secondary N) is 1. The van der Waals surface area contributed by atoms with Crippen LogP contribution in [0.15, 0.2) is 42.5 Å². The Balaban J connectivity index is 1.83. The maximum absolute atomic E-state index is 12.2. The number of carbonyl (C=O) groups excluding carboxylic acids is 1. The van der Waals surface area contributed by atoms with E-state index in [4.69, 9.17) is 9.47 Å². The molecule has 6 heteroatoms. The van der Waals surface area contributed by atoms with E-state index in [-0.39, 0.29) is 5.91 Å². The van der Waals surface area contributed by atoms with E-state index in [0.717, 1.165) is 22.6 Å². The van der Waals surface area contributed by atoms with Crippen molar-refractivity contribution in [2.45, 2.75) is 20.0 Å². The summed E-state index contributed by atoms with van der Waals surface area (Å²) in [6.45, 7) is 4.03. The van der Waals surface area contributed by atoms with Gasteiger partial charge in [-0.05, 0) is 49.4 Å². The third kappa shape index (κ3) is 6.46. The van der Waals surface area contributed by atoms with Crippen molar-refractivity contribution < 1.29 is 14.3 Å². The van der Waals surface area contributed by atoms with Crippen molar-refractivity contribution in [2.75, 3.05) is 46.3 Å². The number of carbonyl (C=O) groups is 1. The highest BCUT2D eigenvalue weighted by Crippen LogP contribution is 2.28. The first-order chi connectivity index (χ1) is 13.4. The quantitative estimate of drug-likeness (QED) is 0.682. The minimum atomic E-state index is -0.00270. The molecule has 0 unspecified atom stereocenters. The summed E-state index contributed by atoms with van der Waals surface area (Å²) < 4.78 is 10.9. The molecule has 0 aliphatic carbocycles. The molecule has 28 heavy (non-hydrogen) atoms. The average molecular weight is 386 g/mol. The van der Waals surface area contributed by atoms with Crippen LogP contribution in [0.2, 0.25) is 0 Å². The maximum Gasteiger partial charge on any atom is 0.234 e. The highest BCUT2D eigenvalue weighted by molar-refractivity contribution is 5.78. The molecule has 2 aromatic rings. The van der Waals surface area contributed by atoms with E-state index in [0.29, 0.717) is 32.0 Å². The number of rotatable bonds is 10. The fourth-order valence-corrected chi connectivity index (χ4v) is 2.87. The molecule has 2 rings (SSSR count). The van der Waals surface area contributed by atoms with Gasteiger partial charge in [0.2, 0.25) is 5.91 Å². The summed E-state index contributed by atoms with van der Waals surface area (Å²) in [5, 5.41) is 2.97. The zero-order valence-corrected chi connectivity index (χ0v) is 17.5. The van der Waals surface area contributed by atoms with Crippen molar-refractivity contribution in [2.24, 2.45) is 0 Å². The van der Waals surface area contributed by atoms with Crippen LogP contribution in [0.4, 0.5) is 5.69 Å². The van der Waals surface area contributed by atoms with Crippen molar-refractivity contribution in [1.29, 1.82) is 0 Å². The minimum absolute atomic E-state index is 0.00270. The minimum Gasteiger partial charge on any atom is -0.493 e. The monoisotopic (exact) mass is 385 g/mol. The summed E-state index contributed by atoms with van der Waals surface area (Å²) in [5.41, 5.74) is 3.29. The molecule has 0 aliphatic heterocycles. The summed E-state index contributed by atoms with van der Waals surface area (Å²) in [7, 11) is 7.57. The van der Waals surface area contributed by atoms with Crippen molar-refractivity contribution in [3.63, 3.8) is 0 Å². The molecule has 1 amide bonds. The van der Waals surface area contributed by atoms with Crippen LogP contribution < -0.4 is 19.7 Å². The van der Waals surface area contributed by atoms with Crippen LogP contribution in [0.1, 0.15) is 18.1 Å². The fraction of sp³-hybridized carbons (Fsp3) is 0.409. The number of amides is 1. The van der Waals surface area contributed by atoms with Gasteiger partial charge in [-0.15, -0.1) is 0 Å². The van der Waals surface area contributed by atoms with Gasteiger partial charge in [-0.3, -0.25) is 9.69 Å². The Morgan fingerprint density at radius 3 is 2.29 bits per heavy atom. The molecule has 0 saturated heterocycles. The molecule has 6 nitrogen and oxygen atoms in total. The van der Waals surface area contributed by atoms with E-state index < -0.39 is 0 Å². The lowest BCUT2D eigenvalue weighted by Crippen LogP contribution is -2.34. The number of likely N-dealkylation sites (N-methyl/N-ethyl adjacent to an activating group) is 1. The Hall–Kier alpha value is -2.73. The summed E-state index contributed by atoms with van der Waals surface area (Å²) in [6, 6.07) is 14.0. The molecule has 0 aliphatic rings. The lowest BCUT2D eigenvalue weighted by molar-refractivity contribution is -0.122. The highest BCUT2D eigenvalue weighted by atomic mass is 16.5. The van der Waals surface area contributed by atoms with Crippen LogP contribution in [-0.2, 0) is 17.9 Å². The number of ether oxygens (including phenoxy) is 2. The molecule has 0 heterocycles. The predicted octanol–water partition coefficient (Wildman–Crippen LogP) is 2.91. The summed E-state index contributed by atoms with van der Waals surface area (Å²) in [4.78, 5) is 16.3. The molecular formula is C22H31N3O3. The third-order valence-electron chi connectivity index (χ3n) is 4.34. The first-order valence-electron chi connectivity index (χ1n) is 9.44. The van der Waals surface area contributed by atoms with Gasteiger partial charge >= 0.3 is 0 Å². The molecule has 0 saturated carbocycles. The van der Waals surface area contributed by atoms with Crippen LogP contribution in [0, 0.1) is 0 Å². The Labute approximate surface area is 168 Å². The molecular weight excluding hydrogens is 354 g/mol. The Bertz CT molecular complexity index is 760. The molecule has 0 fully saturated rings. The number of nitrogens with zero attached hydrogens (tertiary/aromatic N) is 2. The second-order valence-electron chi connectivity index (χ2n) is 6.93. The molecule has 0 aromatic heterocycles. The predicted molar refractivity (Wildman–Crippen MR) is 113 cm³/mol. The van der Waals surface area contributed by atoms with Crippen molar-refractivity contribution in [3.05, 3.63) is 53.6 Å².